The second-order valence-electron chi connectivity index (χ2n) is 5.23. The Morgan fingerprint density at radius 2 is 1.94 bits per heavy atom. The maximum Gasteiger partial charge on any atom is 0.234 e. The van der Waals surface area contributed by atoms with Crippen molar-refractivity contribution in [3.63, 3.8) is 0 Å². The van der Waals surface area contributed by atoms with E-state index in [0.29, 0.717) is 19.1 Å². The summed E-state index contributed by atoms with van der Waals surface area (Å²) < 4.78 is 0. The normalized spacial score (nSPS) is 24.1. The minimum absolute atomic E-state index is 0.0573. The number of rotatable bonds is 5. The molecule has 92 valence electrons. The summed E-state index contributed by atoms with van der Waals surface area (Å²) in [6, 6.07) is 0.423. The fourth-order valence-electron chi connectivity index (χ4n) is 2.30. The first-order valence-corrected chi connectivity index (χ1v) is 6.40. The second-order valence-corrected chi connectivity index (χ2v) is 5.23. The molecule has 0 saturated heterocycles. The SMILES string of the molecule is O=C(CNCC1(O)CCCCC1)NC1CC1. The van der Waals surface area contributed by atoms with E-state index in [2.05, 4.69) is 10.6 Å². The average molecular weight is 226 g/mol. The molecule has 0 radical (unpaired) electrons. The van der Waals surface area contributed by atoms with Crippen molar-refractivity contribution in [1.82, 2.24) is 10.6 Å². The summed E-state index contributed by atoms with van der Waals surface area (Å²) in [7, 11) is 0. The summed E-state index contributed by atoms with van der Waals surface area (Å²) in [6.45, 7) is 0.879. The van der Waals surface area contributed by atoms with Crippen LogP contribution in [0.2, 0.25) is 0 Å². The van der Waals surface area contributed by atoms with Gasteiger partial charge >= 0.3 is 0 Å². The molecule has 0 atom stereocenters. The molecule has 2 aliphatic rings. The van der Waals surface area contributed by atoms with E-state index in [9.17, 15) is 9.90 Å². The molecule has 2 aliphatic carbocycles. The molecular weight excluding hydrogens is 204 g/mol. The topological polar surface area (TPSA) is 61.4 Å². The van der Waals surface area contributed by atoms with E-state index in [1.54, 1.807) is 0 Å². The maximum absolute atomic E-state index is 11.4. The largest absolute Gasteiger partial charge is 0.389 e. The minimum Gasteiger partial charge on any atom is -0.389 e. The minimum atomic E-state index is -0.571. The monoisotopic (exact) mass is 226 g/mol. The van der Waals surface area contributed by atoms with E-state index in [4.69, 9.17) is 0 Å². The Morgan fingerprint density at radius 1 is 1.25 bits per heavy atom. The van der Waals surface area contributed by atoms with Crippen molar-refractivity contribution in [3.8, 4) is 0 Å². The van der Waals surface area contributed by atoms with Crippen LogP contribution in [0.5, 0.6) is 0 Å². The highest BCUT2D eigenvalue weighted by Crippen LogP contribution is 2.27. The van der Waals surface area contributed by atoms with Gasteiger partial charge in [0, 0.05) is 12.6 Å². The van der Waals surface area contributed by atoms with Gasteiger partial charge in [0.05, 0.1) is 12.1 Å². The lowest BCUT2D eigenvalue weighted by molar-refractivity contribution is -0.120. The first-order chi connectivity index (χ1) is 7.68. The van der Waals surface area contributed by atoms with Crippen molar-refractivity contribution in [3.05, 3.63) is 0 Å². The van der Waals surface area contributed by atoms with Crippen LogP contribution < -0.4 is 10.6 Å². The van der Waals surface area contributed by atoms with Crippen LogP contribution in [0.3, 0.4) is 0 Å². The average Bonchev–Trinajstić information content (AvgIpc) is 3.02. The van der Waals surface area contributed by atoms with E-state index in [-0.39, 0.29) is 5.91 Å². The first-order valence-electron chi connectivity index (χ1n) is 6.40. The van der Waals surface area contributed by atoms with Gasteiger partial charge in [-0.05, 0) is 25.7 Å². The van der Waals surface area contributed by atoms with E-state index in [1.807, 2.05) is 0 Å². The lowest BCUT2D eigenvalue weighted by Gasteiger charge is -2.32. The number of nitrogens with one attached hydrogen (secondary N) is 2. The summed E-state index contributed by atoms with van der Waals surface area (Å²) in [6.07, 6.45) is 7.41. The lowest BCUT2D eigenvalue weighted by Crippen LogP contribution is -2.45. The summed E-state index contributed by atoms with van der Waals surface area (Å²) >= 11 is 0. The van der Waals surface area contributed by atoms with Gasteiger partial charge in [-0.1, -0.05) is 19.3 Å². The predicted octanol–water partition coefficient (Wildman–Crippen LogP) is 0.550. The van der Waals surface area contributed by atoms with Gasteiger partial charge in [0.25, 0.3) is 0 Å². The zero-order chi connectivity index (χ0) is 11.4. The first kappa shape index (κ1) is 11.9. The molecule has 3 N–H and O–H groups in total. The Hall–Kier alpha value is -0.610. The standard InChI is InChI=1S/C12H22N2O2/c15-11(14-10-4-5-10)8-13-9-12(16)6-2-1-3-7-12/h10,13,16H,1-9H2,(H,14,15). The van der Waals surface area contributed by atoms with E-state index in [0.717, 1.165) is 38.5 Å². The summed E-state index contributed by atoms with van der Waals surface area (Å²) in [4.78, 5) is 11.4. The highest BCUT2D eigenvalue weighted by molar-refractivity contribution is 5.78. The van der Waals surface area contributed by atoms with Gasteiger partial charge in [-0.2, -0.15) is 0 Å². The Morgan fingerprint density at radius 3 is 2.56 bits per heavy atom. The van der Waals surface area contributed by atoms with Crippen molar-refractivity contribution in [2.75, 3.05) is 13.1 Å². The Kier molecular flexibility index (Phi) is 3.82. The molecule has 0 bridgehead atoms. The molecule has 0 heterocycles. The Balaban J connectivity index is 1.60. The molecule has 2 saturated carbocycles. The summed E-state index contributed by atoms with van der Waals surface area (Å²) in [5.74, 6) is 0.0573. The van der Waals surface area contributed by atoms with E-state index < -0.39 is 5.60 Å². The van der Waals surface area contributed by atoms with Crippen LogP contribution in [0, 0.1) is 0 Å². The quantitative estimate of drug-likeness (QED) is 0.641. The second kappa shape index (κ2) is 5.15. The summed E-state index contributed by atoms with van der Waals surface area (Å²) in [5.41, 5.74) is -0.571. The third-order valence-corrected chi connectivity index (χ3v) is 3.47. The number of hydrogen-bond acceptors (Lipinski definition) is 3. The van der Waals surface area contributed by atoms with E-state index in [1.165, 1.54) is 6.42 Å². The molecule has 16 heavy (non-hydrogen) atoms. The van der Waals surface area contributed by atoms with Gasteiger partial charge < -0.3 is 15.7 Å². The number of hydrogen-bond donors (Lipinski definition) is 3. The number of aliphatic hydroxyl groups is 1. The van der Waals surface area contributed by atoms with Crippen molar-refractivity contribution in [2.45, 2.75) is 56.6 Å². The smallest absolute Gasteiger partial charge is 0.234 e. The zero-order valence-corrected chi connectivity index (χ0v) is 9.80. The molecule has 0 aromatic rings. The highest BCUT2D eigenvalue weighted by Gasteiger charge is 2.29. The third kappa shape index (κ3) is 3.76. The van der Waals surface area contributed by atoms with Gasteiger partial charge in [0.1, 0.15) is 0 Å². The molecule has 2 fully saturated rings. The third-order valence-electron chi connectivity index (χ3n) is 3.47. The zero-order valence-electron chi connectivity index (χ0n) is 9.80. The molecule has 0 unspecified atom stereocenters. The molecule has 0 aliphatic heterocycles. The van der Waals surface area contributed by atoms with Gasteiger partial charge in [-0.25, -0.2) is 0 Å². The molecule has 0 aromatic carbocycles. The molecule has 0 aromatic heterocycles. The van der Waals surface area contributed by atoms with Crippen LogP contribution in [0.15, 0.2) is 0 Å². The molecule has 4 heteroatoms. The van der Waals surface area contributed by atoms with Crippen LogP contribution in [-0.2, 0) is 4.79 Å². The van der Waals surface area contributed by atoms with Crippen LogP contribution in [0.25, 0.3) is 0 Å². The van der Waals surface area contributed by atoms with Crippen LogP contribution in [0.4, 0.5) is 0 Å². The molecule has 0 spiro atoms. The number of carbonyl (C=O) groups is 1. The van der Waals surface area contributed by atoms with Crippen molar-refractivity contribution < 1.29 is 9.90 Å². The van der Waals surface area contributed by atoms with Gasteiger partial charge in [0.2, 0.25) is 5.91 Å². The molecular formula is C12H22N2O2. The fraction of sp³-hybridized carbons (Fsp3) is 0.917. The molecule has 4 nitrogen and oxygen atoms in total. The number of carbonyl (C=O) groups excluding carboxylic acids is 1. The predicted molar refractivity (Wildman–Crippen MR) is 62.1 cm³/mol. The lowest BCUT2D eigenvalue weighted by atomic mass is 9.85. The van der Waals surface area contributed by atoms with Gasteiger partial charge in [0.15, 0.2) is 0 Å². The van der Waals surface area contributed by atoms with Crippen molar-refractivity contribution in [2.24, 2.45) is 0 Å². The molecule has 2 rings (SSSR count). The Labute approximate surface area is 96.8 Å². The fourth-order valence-corrected chi connectivity index (χ4v) is 2.30. The van der Waals surface area contributed by atoms with Crippen LogP contribution >= 0.6 is 0 Å². The van der Waals surface area contributed by atoms with Crippen molar-refractivity contribution >= 4 is 5.91 Å². The highest BCUT2D eigenvalue weighted by atomic mass is 16.3. The maximum atomic E-state index is 11.4. The van der Waals surface area contributed by atoms with Crippen molar-refractivity contribution in [1.29, 1.82) is 0 Å². The van der Waals surface area contributed by atoms with Gasteiger partial charge in [-0.15, -0.1) is 0 Å². The van der Waals surface area contributed by atoms with Crippen LogP contribution in [0.1, 0.15) is 44.9 Å². The Bertz CT molecular complexity index is 245. The van der Waals surface area contributed by atoms with Gasteiger partial charge in [-0.3, -0.25) is 4.79 Å². The molecule has 1 amide bonds. The van der Waals surface area contributed by atoms with Crippen LogP contribution in [-0.4, -0.2) is 35.7 Å². The number of amides is 1. The van der Waals surface area contributed by atoms with E-state index >= 15 is 0 Å². The summed E-state index contributed by atoms with van der Waals surface area (Å²) in [5, 5.41) is 16.2.